The molecule has 0 amide bonds. The van der Waals surface area contributed by atoms with Crippen LogP contribution >= 0.6 is 0 Å². The zero-order valence-electron chi connectivity index (χ0n) is 19.8. The molecule has 0 saturated carbocycles. The second-order valence-corrected chi connectivity index (χ2v) is 15.5. The van der Waals surface area contributed by atoms with Gasteiger partial charge in [0.2, 0.25) is 0 Å². The van der Waals surface area contributed by atoms with E-state index in [1.165, 1.54) is 19.3 Å². The van der Waals surface area contributed by atoms with Gasteiger partial charge in [-0.3, -0.25) is 0 Å². The highest BCUT2D eigenvalue weighted by Crippen LogP contribution is 2.28. The first kappa shape index (κ1) is 29.3. The van der Waals surface area contributed by atoms with Crippen molar-refractivity contribution in [3.05, 3.63) is 0 Å². The summed E-state index contributed by atoms with van der Waals surface area (Å²) < 4.78 is 33.8. The lowest BCUT2D eigenvalue weighted by Gasteiger charge is -2.32. The summed E-state index contributed by atoms with van der Waals surface area (Å²) in [7, 11) is 9.90. The zero-order valence-corrected chi connectivity index (χ0v) is 22.8. The van der Waals surface area contributed by atoms with Gasteiger partial charge in [0, 0.05) is 53.9 Å². The van der Waals surface area contributed by atoms with E-state index in [0.29, 0.717) is 14.7 Å². The monoisotopic (exact) mass is 468 g/mol. The van der Waals surface area contributed by atoms with Crippen molar-refractivity contribution in [3.8, 4) is 0 Å². The SMILES string of the molecule is CO[Si](CCCNC[Si]C(CCCCCN(C)C)[Si](OC)(OC)OC)(OC)OC. The molecule has 0 rings (SSSR count). The average molecular weight is 469 g/mol. The fraction of sp³-hybridized carbons (Fsp3) is 1.00. The second-order valence-electron chi connectivity index (χ2n) is 7.20. The smallest absolute Gasteiger partial charge is 0.377 e. The van der Waals surface area contributed by atoms with Gasteiger partial charge in [0.05, 0.1) is 9.52 Å². The standard InChI is InChI=1S/C18H44N2O6Si3/c1-20(2)15-11-9-10-13-18(29(24-6,25-7)26-8)27-17-19-14-12-16-28(21-3,22-4)23-5/h18-19H,9-17H2,1-8H3. The van der Waals surface area contributed by atoms with E-state index in [1.807, 2.05) is 0 Å². The van der Waals surface area contributed by atoms with Crippen molar-refractivity contribution < 1.29 is 26.6 Å². The van der Waals surface area contributed by atoms with Crippen LogP contribution in [0.25, 0.3) is 0 Å². The van der Waals surface area contributed by atoms with Crippen LogP contribution < -0.4 is 5.32 Å². The fourth-order valence-corrected chi connectivity index (χ4v) is 10.3. The molecule has 0 spiro atoms. The van der Waals surface area contributed by atoms with Gasteiger partial charge in [-0.15, -0.1) is 0 Å². The van der Waals surface area contributed by atoms with Crippen molar-refractivity contribution in [2.24, 2.45) is 0 Å². The number of nitrogens with zero attached hydrogens (tertiary/aromatic N) is 1. The minimum absolute atomic E-state index is 0.319. The van der Waals surface area contributed by atoms with Crippen molar-refractivity contribution in [2.45, 2.75) is 43.3 Å². The highest BCUT2D eigenvalue weighted by atomic mass is 28.4. The van der Waals surface area contributed by atoms with Gasteiger partial charge < -0.3 is 36.8 Å². The van der Waals surface area contributed by atoms with Crippen LogP contribution in [0.3, 0.4) is 0 Å². The minimum atomic E-state index is -2.64. The van der Waals surface area contributed by atoms with Crippen LogP contribution in [-0.4, -0.2) is 108 Å². The van der Waals surface area contributed by atoms with E-state index in [-0.39, 0.29) is 0 Å². The third-order valence-electron chi connectivity index (χ3n) is 5.12. The molecule has 0 aliphatic carbocycles. The van der Waals surface area contributed by atoms with Crippen molar-refractivity contribution in [1.29, 1.82) is 0 Å². The molecule has 11 heteroatoms. The van der Waals surface area contributed by atoms with Gasteiger partial charge in [0.15, 0.2) is 0 Å². The van der Waals surface area contributed by atoms with E-state index in [0.717, 1.165) is 38.1 Å². The van der Waals surface area contributed by atoms with Crippen molar-refractivity contribution >= 4 is 27.1 Å². The van der Waals surface area contributed by atoms with Gasteiger partial charge >= 0.3 is 17.6 Å². The third kappa shape index (κ3) is 11.0. The Morgan fingerprint density at radius 2 is 1.38 bits per heavy atom. The molecule has 174 valence electrons. The molecule has 8 nitrogen and oxygen atoms in total. The summed E-state index contributed by atoms with van der Waals surface area (Å²) in [6.45, 7) is 2.03. The van der Waals surface area contributed by atoms with E-state index in [9.17, 15) is 0 Å². The first-order valence-corrected chi connectivity index (χ1v) is 15.3. The fourth-order valence-electron chi connectivity index (χ4n) is 3.30. The van der Waals surface area contributed by atoms with Crippen LogP contribution in [0.5, 0.6) is 0 Å². The van der Waals surface area contributed by atoms with Gasteiger partial charge in [0.25, 0.3) is 0 Å². The Balaban J connectivity index is 4.46. The predicted molar refractivity (Wildman–Crippen MR) is 122 cm³/mol. The van der Waals surface area contributed by atoms with Crippen molar-refractivity contribution in [2.75, 3.05) is 76.0 Å². The second kappa shape index (κ2) is 17.0. The van der Waals surface area contributed by atoms with E-state index in [2.05, 4.69) is 24.3 Å². The van der Waals surface area contributed by atoms with Crippen molar-refractivity contribution in [1.82, 2.24) is 10.2 Å². The molecule has 1 atom stereocenters. The molecule has 0 aromatic rings. The van der Waals surface area contributed by atoms with E-state index in [1.54, 1.807) is 42.7 Å². The number of rotatable bonds is 20. The summed E-state index contributed by atoms with van der Waals surface area (Å²) in [5.41, 5.74) is 0. The Kier molecular flexibility index (Phi) is 17.1. The van der Waals surface area contributed by atoms with Crippen LogP contribution in [0.1, 0.15) is 32.1 Å². The molecule has 0 heterocycles. The van der Waals surface area contributed by atoms with E-state index in [4.69, 9.17) is 26.6 Å². The van der Waals surface area contributed by atoms with Gasteiger partial charge in [-0.25, -0.2) is 0 Å². The maximum absolute atomic E-state index is 5.78. The number of hydrogen-bond donors (Lipinski definition) is 1. The molecule has 29 heavy (non-hydrogen) atoms. The molecule has 0 bridgehead atoms. The largest absolute Gasteiger partial charge is 0.500 e. The Labute approximate surface area is 183 Å². The average Bonchev–Trinajstić information content (AvgIpc) is 2.74. The minimum Gasteiger partial charge on any atom is -0.377 e. The molecule has 0 saturated heterocycles. The molecule has 0 fully saturated rings. The van der Waals surface area contributed by atoms with Crippen LogP contribution in [0, 0.1) is 0 Å². The third-order valence-corrected chi connectivity index (χ3v) is 13.7. The van der Waals surface area contributed by atoms with Crippen LogP contribution in [0.15, 0.2) is 0 Å². The van der Waals surface area contributed by atoms with Crippen LogP contribution in [0.4, 0.5) is 0 Å². The normalized spacial score (nSPS) is 14.0. The van der Waals surface area contributed by atoms with Gasteiger partial charge in [-0.1, -0.05) is 12.8 Å². The molecule has 2 radical (unpaired) electrons. The molecule has 1 unspecified atom stereocenters. The van der Waals surface area contributed by atoms with E-state index >= 15 is 0 Å². The molecule has 1 N–H and O–H groups in total. The Morgan fingerprint density at radius 1 is 0.793 bits per heavy atom. The lowest BCUT2D eigenvalue weighted by atomic mass is 10.2. The van der Waals surface area contributed by atoms with Gasteiger partial charge in [-0.2, -0.15) is 0 Å². The Morgan fingerprint density at radius 3 is 1.86 bits per heavy atom. The molecular formula is C18H44N2O6Si3. The maximum Gasteiger partial charge on any atom is 0.500 e. The van der Waals surface area contributed by atoms with Crippen molar-refractivity contribution in [3.63, 3.8) is 0 Å². The summed E-state index contributed by atoms with van der Waals surface area (Å²) in [6.07, 6.45) is 6.54. The van der Waals surface area contributed by atoms with Gasteiger partial charge in [0.1, 0.15) is 0 Å². The number of nitrogens with one attached hydrogen (secondary N) is 1. The maximum atomic E-state index is 5.78. The Hall–Kier alpha value is 0.331. The first-order valence-electron chi connectivity index (χ1n) is 10.3. The summed E-state index contributed by atoms with van der Waals surface area (Å²) in [5, 5.41) is 3.86. The molecule has 0 aliphatic heterocycles. The summed E-state index contributed by atoms with van der Waals surface area (Å²) in [6, 6.07) is 0.800. The topological polar surface area (TPSA) is 70.7 Å². The van der Waals surface area contributed by atoms with Crippen LogP contribution in [-0.2, 0) is 26.6 Å². The Bertz CT molecular complexity index is 372. The first-order chi connectivity index (χ1) is 13.9. The zero-order chi connectivity index (χ0) is 22.2. The van der Waals surface area contributed by atoms with Crippen LogP contribution in [0.2, 0.25) is 11.2 Å². The summed E-state index contributed by atoms with van der Waals surface area (Å²) in [4.78, 5) is 2.23. The quantitative estimate of drug-likeness (QED) is 0.214. The molecule has 0 aromatic heterocycles. The molecule has 0 aromatic carbocycles. The van der Waals surface area contributed by atoms with E-state index < -0.39 is 17.6 Å². The predicted octanol–water partition coefficient (Wildman–Crippen LogP) is 1.83. The molecule has 0 aliphatic rings. The lowest BCUT2D eigenvalue weighted by Crippen LogP contribution is -2.51. The summed E-state index contributed by atoms with van der Waals surface area (Å²) in [5.74, 6) is 0. The highest BCUT2D eigenvalue weighted by molar-refractivity contribution is 6.73. The highest BCUT2D eigenvalue weighted by Gasteiger charge is 2.46. The van der Waals surface area contributed by atoms with Gasteiger partial charge in [-0.05, 0) is 52.6 Å². The number of unbranched alkanes of at least 4 members (excludes halogenated alkanes) is 2. The number of hydrogen-bond acceptors (Lipinski definition) is 8. The molecular weight excluding hydrogens is 424 g/mol. The lowest BCUT2D eigenvalue weighted by molar-refractivity contribution is 0.118. The summed E-state index contributed by atoms with van der Waals surface area (Å²) >= 11 is 0.